The summed E-state index contributed by atoms with van der Waals surface area (Å²) in [6.45, 7) is 0.216. The quantitative estimate of drug-likeness (QED) is 0.734. The summed E-state index contributed by atoms with van der Waals surface area (Å²) in [4.78, 5) is 11.6. The van der Waals surface area contributed by atoms with E-state index in [0.717, 1.165) is 5.56 Å². The summed E-state index contributed by atoms with van der Waals surface area (Å²) >= 11 is 0. The number of hydrogen-bond donors (Lipinski definition) is 0. The number of methoxy groups -OCH3 is 1. The minimum absolute atomic E-state index is 0.130. The lowest BCUT2D eigenvalue weighted by atomic mass is 10.2. The zero-order chi connectivity index (χ0) is 14.9. The van der Waals surface area contributed by atoms with Crippen LogP contribution in [0.25, 0.3) is 0 Å². The SMILES string of the molecule is COc1ccccc1OCC(=O)OCCc1ccccc1. The van der Waals surface area contributed by atoms with Crippen LogP contribution in [0.4, 0.5) is 0 Å². The zero-order valence-electron chi connectivity index (χ0n) is 12.0. The van der Waals surface area contributed by atoms with Gasteiger partial charge in [-0.15, -0.1) is 0 Å². The van der Waals surface area contributed by atoms with E-state index >= 15 is 0 Å². The molecule has 0 radical (unpaired) electrons. The van der Waals surface area contributed by atoms with E-state index in [0.29, 0.717) is 24.5 Å². The van der Waals surface area contributed by atoms with E-state index in [2.05, 4.69) is 0 Å². The summed E-state index contributed by atoms with van der Waals surface area (Å²) in [6, 6.07) is 17.0. The van der Waals surface area contributed by atoms with Crippen molar-refractivity contribution in [2.45, 2.75) is 6.42 Å². The highest BCUT2D eigenvalue weighted by atomic mass is 16.6. The van der Waals surface area contributed by atoms with Crippen LogP contribution in [0.3, 0.4) is 0 Å². The van der Waals surface area contributed by atoms with Gasteiger partial charge in [0.2, 0.25) is 0 Å². The molecule has 0 atom stereocenters. The van der Waals surface area contributed by atoms with Gasteiger partial charge in [0.1, 0.15) is 0 Å². The third-order valence-electron chi connectivity index (χ3n) is 2.91. The van der Waals surface area contributed by atoms with Gasteiger partial charge < -0.3 is 14.2 Å². The molecule has 21 heavy (non-hydrogen) atoms. The van der Waals surface area contributed by atoms with E-state index in [-0.39, 0.29) is 6.61 Å². The number of carbonyl (C=O) groups is 1. The van der Waals surface area contributed by atoms with Crippen LogP contribution in [-0.2, 0) is 16.0 Å². The van der Waals surface area contributed by atoms with Crippen LogP contribution in [0.2, 0.25) is 0 Å². The molecule has 0 N–H and O–H groups in total. The molecule has 0 aromatic heterocycles. The normalized spacial score (nSPS) is 9.95. The largest absolute Gasteiger partial charge is 0.493 e. The number of carbonyl (C=O) groups excluding carboxylic acids is 1. The molecule has 0 bridgehead atoms. The average molecular weight is 286 g/mol. The van der Waals surface area contributed by atoms with E-state index in [1.807, 2.05) is 42.5 Å². The minimum atomic E-state index is -0.392. The molecule has 0 aliphatic carbocycles. The Kier molecular flexibility index (Phi) is 5.64. The summed E-state index contributed by atoms with van der Waals surface area (Å²) in [5.74, 6) is 0.728. The number of hydrogen-bond acceptors (Lipinski definition) is 4. The first kappa shape index (κ1) is 14.9. The Labute approximate surface area is 124 Å². The van der Waals surface area contributed by atoms with Gasteiger partial charge in [0.05, 0.1) is 13.7 Å². The van der Waals surface area contributed by atoms with Gasteiger partial charge in [-0.2, -0.15) is 0 Å². The molecular formula is C17H18O4. The maximum absolute atomic E-state index is 11.6. The maximum Gasteiger partial charge on any atom is 0.344 e. The Morgan fingerprint density at radius 2 is 1.62 bits per heavy atom. The Balaban J connectivity index is 1.72. The zero-order valence-corrected chi connectivity index (χ0v) is 12.0. The van der Waals surface area contributed by atoms with Crippen molar-refractivity contribution in [1.29, 1.82) is 0 Å². The van der Waals surface area contributed by atoms with Crippen molar-refractivity contribution in [3.63, 3.8) is 0 Å². The van der Waals surface area contributed by atoms with Crippen LogP contribution in [0, 0.1) is 0 Å². The molecule has 0 amide bonds. The molecule has 4 nitrogen and oxygen atoms in total. The molecule has 0 aliphatic rings. The lowest BCUT2D eigenvalue weighted by Gasteiger charge is -2.10. The highest BCUT2D eigenvalue weighted by molar-refractivity contribution is 5.71. The van der Waals surface area contributed by atoms with Crippen LogP contribution < -0.4 is 9.47 Å². The lowest BCUT2D eigenvalue weighted by Crippen LogP contribution is -2.16. The Hall–Kier alpha value is -2.49. The van der Waals surface area contributed by atoms with E-state index in [9.17, 15) is 4.79 Å². The molecule has 110 valence electrons. The minimum Gasteiger partial charge on any atom is -0.493 e. The van der Waals surface area contributed by atoms with Crippen LogP contribution >= 0.6 is 0 Å². The number of ether oxygens (including phenoxy) is 3. The first-order valence-electron chi connectivity index (χ1n) is 6.75. The van der Waals surface area contributed by atoms with Crippen molar-refractivity contribution < 1.29 is 19.0 Å². The lowest BCUT2D eigenvalue weighted by molar-refractivity contribution is -0.145. The predicted molar refractivity (Wildman–Crippen MR) is 79.6 cm³/mol. The predicted octanol–water partition coefficient (Wildman–Crippen LogP) is 2.86. The van der Waals surface area contributed by atoms with E-state index < -0.39 is 5.97 Å². The van der Waals surface area contributed by atoms with Gasteiger partial charge in [-0.25, -0.2) is 4.79 Å². The van der Waals surface area contributed by atoms with Gasteiger partial charge in [0, 0.05) is 6.42 Å². The van der Waals surface area contributed by atoms with Gasteiger partial charge in [0.25, 0.3) is 0 Å². The van der Waals surface area contributed by atoms with Gasteiger partial charge in [-0.05, 0) is 17.7 Å². The number of benzene rings is 2. The third kappa shape index (κ3) is 4.84. The second kappa shape index (κ2) is 7.94. The summed E-state index contributed by atoms with van der Waals surface area (Å²) in [7, 11) is 1.56. The first-order valence-corrected chi connectivity index (χ1v) is 6.75. The summed E-state index contributed by atoms with van der Waals surface area (Å²) in [5, 5.41) is 0. The molecule has 0 fully saturated rings. The Bertz CT molecular complexity index is 566. The van der Waals surface area contributed by atoms with E-state index in [1.165, 1.54) is 0 Å². The van der Waals surface area contributed by atoms with E-state index in [1.54, 1.807) is 19.2 Å². The number of para-hydroxylation sites is 2. The Morgan fingerprint density at radius 3 is 2.33 bits per heavy atom. The highest BCUT2D eigenvalue weighted by Gasteiger charge is 2.07. The number of rotatable bonds is 7. The van der Waals surface area contributed by atoms with Crippen molar-refractivity contribution >= 4 is 5.97 Å². The van der Waals surface area contributed by atoms with E-state index in [4.69, 9.17) is 14.2 Å². The van der Waals surface area contributed by atoms with Crippen molar-refractivity contribution in [2.24, 2.45) is 0 Å². The standard InChI is InChI=1S/C17H18O4/c1-19-15-9-5-6-10-16(15)21-13-17(18)20-12-11-14-7-3-2-4-8-14/h2-10H,11-13H2,1H3. The first-order chi connectivity index (χ1) is 10.3. The third-order valence-corrected chi connectivity index (χ3v) is 2.91. The fraction of sp³-hybridized carbons (Fsp3) is 0.235. The van der Waals surface area contributed by atoms with Crippen LogP contribution in [-0.4, -0.2) is 26.3 Å². The molecule has 0 saturated heterocycles. The van der Waals surface area contributed by atoms with Crippen molar-refractivity contribution in [2.75, 3.05) is 20.3 Å². The Morgan fingerprint density at radius 1 is 0.952 bits per heavy atom. The summed E-state index contributed by atoms with van der Waals surface area (Å²) in [5.41, 5.74) is 1.14. The molecule has 2 rings (SSSR count). The topological polar surface area (TPSA) is 44.8 Å². The average Bonchev–Trinajstić information content (AvgIpc) is 2.54. The van der Waals surface area contributed by atoms with Crippen LogP contribution in [0.15, 0.2) is 54.6 Å². The molecular weight excluding hydrogens is 268 g/mol. The molecule has 0 heterocycles. The molecule has 4 heteroatoms. The molecule has 2 aromatic carbocycles. The monoisotopic (exact) mass is 286 g/mol. The number of esters is 1. The molecule has 0 spiro atoms. The fourth-order valence-corrected chi connectivity index (χ4v) is 1.84. The summed E-state index contributed by atoms with van der Waals surface area (Å²) < 4.78 is 15.7. The highest BCUT2D eigenvalue weighted by Crippen LogP contribution is 2.25. The molecule has 0 saturated carbocycles. The maximum atomic E-state index is 11.6. The smallest absolute Gasteiger partial charge is 0.344 e. The van der Waals surface area contributed by atoms with Crippen molar-refractivity contribution in [3.8, 4) is 11.5 Å². The molecule has 0 aliphatic heterocycles. The molecule has 2 aromatic rings. The second-order valence-electron chi connectivity index (χ2n) is 4.40. The van der Waals surface area contributed by atoms with Crippen LogP contribution in [0.5, 0.6) is 11.5 Å². The van der Waals surface area contributed by atoms with Crippen molar-refractivity contribution in [3.05, 3.63) is 60.2 Å². The second-order valence-corrected chi connectivity index (χ2v) is 4.40. The van der Waals surface area contributed by atoms with Gasteiger partial charge in [-0.1, -0.05) is 42.5 Å². The summed E-state index contributed by atoms with van der Waals surface area (Å²) in [6.07, 6.45) is 0.696. The van der Waals surface area contributed by atoms with Crippen LogP contribution in [0.1, 0.15) is 5.56 Å². The molecule has 0 unspecified atom stereocenters. The van der Waals surface area contributed by atoms with Crippen molar-refractivity contribution in [1.82, 2.24) is 0 Å². The van der Waals surface area contributed by atoms with Gasteiger partial charge in [0.15, 0.2) is 18.1 Å². The van der Waals surface area contributed by atoms with Gasteiger partial charge in [-0.3, -0.25) is 0 Å². The fourth-order valence-electron chi connectivity index (χ4n) is 1.84. The van der Waals surface area contributed by atoms with Gasteiger partial charge >= 0.3 is 5.97 Å².